The predicted octanol–water partition coefficient (Wildman–Crippen LogP) is 1.36. The van der Waals surface area contributed by atoms with Crippen LogP contribution >= 0.6 is 0 Å². The Hall–Kier alpha value is -2.64. The summed E-state index contributed by atoms with van der Waals surface area (Å²) in [7, 11) is 2.10. The van der Waals surface area contributed by atoms with Gasteiger partial charge in [-0.05, 0) is 5.56 Å². The Morgan fingerprint density at radius 2 is 1.70 bits per heavy atom. The van der Waals surface area contributed by atoms with E-state index >= 15 is 0 Å². The van der Waals surface area contributed by atoms with Crippen LogP contribution in [0, 0.1) is 0 Å². The number of amides is 1. The molecular weight excluding hydrogens is 309 g/mol. The number of benzene rings is 1. The highest BCUT2D eigenvalue weighted by Gasteiger charge is 2.30. The van der Waals surface area contributed by atoms with Crippen molar-refractivity contribution >= 4 is 18.0 Å². The number of carbonyl (C=O) groups is 3. The van der Waals surface area contributed by atoms with Crippen molar-refractivity contribution in [1.29, 1.82) is 0 Å². The maximum absolute atomic E-state index is 13.6. The Balaban J connectivity index is 2.57. The van der Waals surface area contributed by atoms with E-state index in [-0.39, 0.29) is 6.61 Å². The fourth-order valence-electron chi connectivity index (χ4n) is 1.69. The summed E-state index contributed by atoms with van der Waals surface area (Å²) in [5, 5.41) is 2.16. The summed E-state index contributed by atoms with van der Waals surface area (Å²) in [5.41, 5.74) is 0.746. The standard InChI is InChI=1S/C15H18FNO6/c1-21-13(18)11(16)8-12(14(19)22-2)17-15(20)23-9-10-6-4-3-5-7-10/h3-7,11-12H,8-9H2,1-2H3,(H,17,20)/t11-,12+/m1/s1. The molecule has 1 aromatic rings. The molecule has 0 fully saturated rings. The number of hydrogen-bond donors (Lipinski definition) is 1. The van der Waals surface area contributed by atoms with Crippen LogP contribution in [-0.4, -0.2) is 44.5 Å². The van der Waals surface area contributed by atoms with Gasteiger partial charge in [-0.25, -0.2) is 18.8 Å². The molecule has 0 spiro atoms. The van der Waals surface area contributed by atoms with Gasteiger partial charge in [-0.3, -0.25) is 0 Å². The van der Waals surface area contributed by atoms with Gasteiger partial charge in [-0.1, -0.05) is 30.3 Å². The van der Waals surface area contributed by atoms with Crippen molar-refractivity contribution in [1.82, 2.24) is 5.32 Å². The zero-order valence-corrected chi connectivity index (χ0v) is 12.8. The summed E-state index contributed by atoms with van der Waals surface area (Å²) >= 11 is 0. The van der Waals surface area contributed by atoms with E-state index in [9.17, 15) is 18.8 Å². The number of esters is 2. The van der Waals surface area contributed by atoms with E-state index in [1.807, 2.05) is 6.07 Å². The minimum absolute atomic E-state index is 0.0172. The van der Waals surface area contributed by atoms with Gasteiger partial charge in [0, 0.05) is 6.42 Å². The first kappa shape index (κ1) is 18.4. The van der Waals surface area contributed by atoms with E-state index in [1.54, 1.807) is 24.3 Å². The molecule has 2 atom stereocenters. The van der Waals surface area contributed by atoms with Crippen LogP contribution < -0.4 is 5.32 Å². The number of alkyl carbamates (subject to hydrolysis) is 1. The molecule has 1 aromatic carbocycles. The molecule has 0 aliphatic carbocycles. The average Bonchev–Trinajstić information content (AvgIpc) is 2.58. The summed E-state index contributed by atoms with van der Waals surface area (Å²) in [4.78, 5) is 34.3. The van der Waals surface area contributed by atoms with E-state index < -0.39 is 36.7 Å². The minimum atomic E-state index is -2.07. The van der Waals surface area contributed by atoms with E-state index in [1.165, 1.54) is 0 Å². The van der Waals surface area contributed by atoms with E-state index in [4.69, 9.17) is 4.74 Å². The van der Waals surface area contributed by atoms with E-state index in [0.717, 1.165) is 19.8 Å². The normalized spacial score (nSPS) is 12.7. The minimum Gasteiger partial charge on any atom is -0.467 e. The first-order valence-corrected chi connectivity index (χ1v) is 6.74. The molecule has 8 heteroatoms. The number of hydrogen-bond acceptors (Lipinski definition) is 6. The molecule has 0 aromatic heterocycles. The molecule has 1 rings (SSSR count). The molecule has 1 amide bonds. The maximum Gasteiger partial charge on any atom is 0.408 e. The third-order valence-corrected chi connectivity index (χ3v) is 2.89. The Morgan fingerprint density at radius 3 is 2.26 bits per heavy atom. The lowest BCUT2D eigenvalue weighted by Crippen LogP contribution is -2.44. The van der Waals surface area contributed by atoms with Gasteiger partial charge in [0.15, 0.2) is 6.17 Å². The average molecular weight is 327 g/mol. The molecule has 0 aliphatic rings. The molecule has 0 unspecified atom stereocenters. The van der Waals surface area contributed by atoms with Gasteiger partial charge in [-0.2, -0.15) is 0 Å². The van der Waals surface area contributed by atoms with Crippen LogP contribution in [-0.2, 0) is 30.4 Å². The molecule has 0 saturated carbocycles. The van der Waals surface area contributed by atoms with Crippen molar-refractivity contribution in [3.63, 3.8) is 0 Å². The molecule has 0 saturated heterocycles. The molecule has 0 radical (unpaired) electrons. The van der Waals surface area contributed by atoms with Crippen LogP contribution in [0.15, 0.2) is 30.3 Å². The largest absolute Gasteiger partial charge is 0.467 e. The highest BCUT2D eigenvalue weighted by Crippen LogP contribution is 2.07. The fourth-order valence-corrected chi connectivity index (χ4v) is 1.69. The van der Waals surface area contributed by atoms with Crippen molar-refractivity contribution in [2.24, 2.45) is 0 Å². The summed E-state index contributed by atoms with van der Waals surface area (Å²) in [6.07, 6.45) is -3.61. The van der Waals surface area contributed by atoms with Gasteiger partial charge in [0.2, 0.25) is 0 Å². The van der Waals surface area contributed by atoms with Crippen LogP contribution in [0.25, 0.3) is 0 Å². The second-order valence-electron chi connectivity index (χ2n) is 4.51. The van der Waals surface area contributed by atoms with Gasteiger partial charge < -0.3 is 19.5 Å². The third-order valence-electron chi connectivity index (χ3n) is 2.89. The first-order valence-electron chi connectivity index (χ1n) is 6.74. The predicted molar refractivity (Wildman–Crippen MR) is 77.1 cm³/mol. The second-order valence-corrected chi connectivity index (χ2v) is 4.51. The van der Waals surface area contributed by atoms with E-state index in [0.29, 0.717) is 0 Å². The monoisotopic (exact) mass is 327 g/mol. The van der Waals surface area contributed by atoms with Crippen LogP contribution in [0.1, 0.15) is 12.0 Å². The lowest BCUT2D eigenvalue weighted by atomic mass is 10.1. The summed E-state index contributed by atoms with van der Waals surface area (Å²) in [6, 6.07) is 7.50. The number of rotatable bonds is 7. The SMILES string of the molecule is COC(=O)[C@H](F)C[C@H](NC(=O)OCc1ccccc1)C(=O)OC. The number of alkyl halides is 1. The quantitative estimate of drug-likeness (QED) is 0.600. The van der Waals surface area contributed by atoms with Crippen LogP contribution in [0.2, 0.25) is 0 Å². The van der Waals surface area contributed by atoms with Crippen molar-refractivity contribution in [2.75, 3.05) is 14.2 Å². The van der Waals surface area contributed by atoms with Gasteiger partial charge in [-0.15, -0.1) is 0 Å². The third kappa shape index (κ3) is 6.33. The van der Waals surface area contributed by atoms with Crippen molar-refractivity contribution in [3.05, 3.63) is 35.9 Å². The van der Waals surface area contributed by atoms with Gasteiger partial charge in [0.1, 0.15) is 12.6 Å². The molecule has 126 valence electrons. The van der Waals surface area contributed by atoms with Crippen LogP contribution in [0.5, 0.6) is 0 Å². The molecule has 0 aliphatic heterocycles. The lowest BCUT2D eigenvalue weighted by molar-refractivity contribution is -0.149. The number of halogens is 1. The zero-order chi connectivity index (χ0) is 17.2. The van der Waals surface area contributed by atoms with Gasteiger partial charge in [0.25, 0.3) is 0 Å². The number of nitrogens with one attached hydrogen (secondary N) is 1. The molecular formula is C15H18FNO6. The summed E-state index contributed by atoms with van der Waals surface area (Å²) < 4.78 is 27.2. The van der Waals surface area contributed by atoms with Gasteiger partial charge >= 0.3 is 18.0 Å². The van der Waals surface area contributed by atoms with Crippen LogP contribution in [0.3, 0.4) is 0 Å². The first-order chi connectivity index (χ1) is 11.0. The second kappa shape index (κ2) is 9.39. The fraction of sp³-hybridized carbons (Fsp3) is 0.400. The smallest absolute Gasteiger partial charge is 0.408 e. The molecule has 1 N–H and O–H groups in total. The maximum atomic E-state index is 13.6. The van der Waals surface area contributed by atoms with Crippen molar-refractivity contribution < 1.29 is 33.0 Å². The van der Waals surface area contributed by atoms with Gasteiger partial charge in [0.05, 0.1) is 14.2 Å². The summed E-state index contributed by atoms with van der Waals surface area (Å²) in [6.45, 7) is -0.0172. The molecule has 23 heavy (non-hydrogen) atoms. The topological polar surface area (TPSA) is 90.9 Å². The number of methoxy groups -OCH3 is 2. The van der Waals surface area contributed by atoms with Crippen molar-refractivity contribution in [3.8, 4) is 0 Å². The Labute approximate surface area is 132 Å². The Morgan fingerprint density at radius 1 is 1.09 bits per heavy atom. The highest BCUT2D eigenvalue weighted by molar-refractivity contribution is 5.83. The Kier molecular flexibility index (Phi) is 7.52. The number of carbonyl (C=O) groups excluding carboxylic acids is 3. The van der Waals surface area contributed by atoms with Crippen LogP contribution in [0.4, 0.5) is 9.18 Å². The number of ether oxygens (including phenoxy) is 3. The molecule has 7 nitrogen and oxygen atoms in total. The molecule has 0 heterocycles. The summed E-state index contributed by atoms with van der Waals surface area (Å²) in [5.74, 6) is -2.04. The molecule has 0 bridgehead atoms. The van der Waals surface area contributed by atoms with Crippen molar-refractivity contribution in [2.45, 2.75) is 25.2 Å². The Bertz CT molecular complexity index is 536. The highest BCUT2D eigenvalue weighted by atomic mass is 19.1. The zero-order valence-electron chi connectivity index (χ0n) is 12.8. The van der Waals surface area contributed by atoms with E-state index in [2.05, 4.69) is 14.8 Å². The lowest BCUT2D eigenvalue weighted by Gasteiger charge is -2.17.